The molecule has 2 heterocycles. The first-order valence-corrected chi connectivity index (χ1v) is 6.03. The van der Waals surface area contributed by atoms with E-state index in [1.807, 2.05) is 6.92 Å². The van der Waals surface area contributed by atoms with Gasteiger partial charge in [-0.15, -0.1) is 0 Å². The van der Waals surface area contributed by atoms with Crippen molar-refractivity contribution in [3.63, 3.8) is 0 Å². The summed E-state index contributed by atoms with van der Waals surface area (Å²) >= 11 is 0. The van der Waals surface area contributed by atoms with E-state index < -0.39 is 5.54 Å². The molecule has 0 aromatic rings. The number of imide groups is 1. The van der Waals surface area contributed by atoms with Gasteiger partial charge in [0, 0.05) is 0 Å². The number of piperidine rings is 1. The van der Waals surface area contributed by atoms with E-state index in [1.165, 1.54) is 0 Å². The van der Waals surface area contributed by atoms with Crippen molar-refractivity contribution in [2.75, 3.05) is 13.1 Å². The molecule has 0 spiro atoms. The molecule has 2 rings (SSSR count). The average molecular weight is 225 g/mol. The fraction of sp³-hybridized carbons (Fsp3) is 0.818. The van der Waals surface area contributed by atoms with Crippen LogP contribution in [0.3, 0.4) is 0 Å². The minimum absolute atomic E-state index is 0.133. The van der Waals surface area contributed by atoms with Crippen LogP contribution in [0.15, 0.2) is 0 Å². The predicted molar refractivity (Wildman–Crippen MR) is 59.9 cm³/mol. The Morgan fingerprint density at radius 3 is 2.50 bits per heavy atom. The Morgan fingerprint density at radius 1 is 1.31 bits per heavy atom. The van der Waals surface area contributed by atoms with Crippen molar-refractivity contribution in [3.8, 4) is 0 Å². The van der Waals surface area contributed by atoms with Gasteiger partial charge in [-0.3, -0.25) is 10.1 Å². The second-order valence-corrected chi connectivity index (χ2v) is 4.65. The normalized spacial score (nSPS) is 31.3. The Kier molecular flexibility index (Phi) is 3.14. The van der Waals surface area contributed by atoms with Crippen molar-refractivity contribution >= 4 is 11.9 Å². The molecule has 0 radical (unpaired) electrons. The van der Waals surface area contributed by atoms with Gasteiger partial charge < -0.3 is 10.6 Å². The van der Waals surface area contributed by atoms with Crippen LogP contribution in [-0.4, -0.2) is 30.6 Å². The van der Waals surface area contributed by atoms with E-state index in [2.05, 4.69) is 16.0 Å². The Hall–Kier alpha value is -1.10. The second-order valence-electron chi connectivity index (χ2n) is 4.65. The summed E-state index contributed by atoms with van der Waals surface area (Å²) in [6.07, 6.45) is 3.54. The van der Waals surface area contributed by atoms with Crippen LogP contribution in [0.2, 0.25) is 0 Å². The number of hydrogen-bond acceptors (Lipinski definition) is 3. The molecule has 0 saturated carbocycles. The summed E-state index contributed by atoms with van der Waals surface area (Å²) in [4.78, 5) is 23.3. The molecule has 90 valence electrons. The quantitative estimate of drug-likeness (QED) is 0.608. The Morgan fingerprint density at radius 2 is 2.00 bits per heavy atom. The lowest BCUT2D eigenvalue weighted by Gasteiger charge is -2.37. The minimum Gasteiger partial charge on any atom is -0.323 e. The lowest BCUT2D eigenvalue weighted by Crippen LogP contribution is -2.55. The highest BCUT2D eigenvalue weighted by atomic mass is 16.2. The molecule has 16 heavy (non-hydrogen) atoms. The van der Waals surface area contributed by atoms with Crippen LogP contribution in [-0.2, 0) is 4.79 Å². The molecule has 0 bridgehead atoms. The van der Waals surface area contributed by atoms with E-state index in [1.54, 1.807) is 0 Å². The van der Waals surface area contributed by atoms with E-state index >= 15 is 0 Å². The van der Waals surface area contributed by atoms with Gasteiger partial charge in [-0.05, 0) is 38.3 Å². The van der Waals surface area contributed by atoms with E-state index in [9.17, 15) is 9.59 Å². The topological polar surface area (TPSA) is 70.2 Å². The first-order valence-electron chi connectivity index (χ1n) is 6.03. The van der Waals surface area contributed by atoms with Crippen molar-refractivity contribution in [2.45, 2.75) is 38.1 Å². The number of urea groups is 1. The lowest BCUT2D eigenvalue weighted by molar-refractivity contribution is -0.126. The second kappa shape index (κ2) is 4.41. The number of carbonyl (C=O) groups excluding carboxylic acids is 2. The zero-order valence-electron chi connectivity index (χ0n) is 9.64. The Labute approximate surface area is 95.3 Å². The summed E-state index contributed by atoms with van der Waals surface area (Å²) in [6, 6.07) is -0.336. The summed E-state index contributed by atoms with van der Waals surface area (Å²) in [6.45, 7) is 3.90. The van der Waals surface area contributed by atoms with Crippen LogP contribution in [0, 0.1) is 5.92 Å². The highest BCUT2D eigenvalue weighted by Gasteiger charge is 2.50. The third-order valence-electron chi connectivity index (χ3n) is 3.65. The molecule has 3 amide bonds. The van der Waals surface area contributed by atoms with Gasteiger partial charge >= 0.3 is 6.03 Å². The summed E-state index contributed by atoms with van der Waals surface area (Å²) in [7, 11) is 0. The van der Waals surface area contributed by atoms with Gasteiger partial charge in [-0.2, -0.15) is 0 Å². The van der Waals surface area contributed by atoms with E-state index in [4.69, 9.17) is 0 Å². The predicted octanol–water partition coefficient (Wildman–Crippen LogP) is 0.364. The van der Waals surface area contributed by atoms with E-state index in [-0.39, 0.29) is 17.9 Å². The van der Waals surface area contributed by atoms with Gasteiger partial charge in [0.05, 0.1) is 0 Å². The van der Waals surface area contributed by atoms with Crippen molar-refractivity contribution < 1.29 is 9.59 Å². The molecule has 2 aliphatic rings. The molecule has 0 aliphatic carbocycles. The largest absolute Gasteiger partial charge is 0.323 e. The maximum Gasteiger partial charge on any atom is 0.322 e. The molecular weight excluding hydrogens is 206 g/mol. The van der Waals surface area contributed by atoms with E-state index in [0.29, 0.717) is 0 Å². The van der Waals surface area contributed by atoms with Gasteiger partial charge in [0.15, 0.2) is 0 Å². The van der Waals surface area contributed by atoms with Crippen molar-refractivity contribution in [3.05, 3.63) is 0 Å². The summed E-state index contributed by atoms with van der Waals surface area (Å²) in [5.41, 5.74) is -0.645. The Balaban J connectivity index is 2.20. The molecule has 3 N–H and O–H groups in total. The molecule has 2 saturated heterocycles. The molecule has 1 atom stereocenters. The van der Waals surface area contributed by atoms with Crippen LogP contribution < -0.4 is 16.0 Å². The van der Waals surface area contributed by atoms with Gasteiger partial charge in [-0.25, -0.2) is 4.79 Å². The maximum atomic E-state index is 12.0. The maximum absolute atomic E-state index is 12.0. The van der Waals surface area contributed by atoms with Gasteiger partial charge in [0.1, 0.15) is 5.54 Å². The lowest BCUT2D eigenvalue weighted by atomic mass is 9.75. The SMILES string of the molecule is CCC[C@]1(C2CCNCC2)NC(=O)NC1=O. The molecule has 0 unspecified atom stereocenters. The molecule has 0 aromatic carbocycles. The third kappa shape index (κ3) is 1.80. The first-order chi connectivity index (χ1) is 7.69. The number of hydrogen-bond donors (Lipinski definition) is 3. The number of rotatable bonds is 3. The van der Waals surface area contributed by atoms with Crippen LogP contribution >= 0.6 is 0 Å². The number of nitrogens with one attached hydrogen (secondary N) is 3. The third-order valence-corrected chi connectivity index (χ3v) is 3.65. The first kappa shape index (κ1) is 11.4. The summed E-state index contributed by atoms with van der Waals surface area (Å²) in [5, 5.41) is 8.52. The highest BCUT2D eigenvalue weighted by Crippen LogP contribution is 2.32. The zero-order valence-corrected chi connectivity index (χ0v) is 9.64. The van der Waals surface area contributed by atoms with Crippen molar-refractivity contribution in [2.24, 2.45) is 5.92 Å². The molecule has 5 heteroatoms. The highest BCUT2D eigenvalue weighted by molar-refractivity contribution is 6.07. The smallest absolute Gasteiger partial charge is 0.322 e. The van der Waals surface area contributed by atoms with Gasteiger partial charge in [0.2, 0.25) is 0 Å². The van der Waals surface area contributed by atoms with E-state index in [0.717, 1.165) is 38.8 Å². The van der Waals surface area contributed by atoms with Gasteiger partial charge in [0.25, 0.3) is 5.91 Å². The summed E-state index contributed by atoms with van der Waals surface area (Å²) in [5.74, 6) is 0.131. The zero-order chi connectivity index (χ0) is 11.6. The molecule has 2 fully saturated rings. The van der Waals surface area contributed by atoms with Crippen LogP contribution in [0.25, 0.3) is 0 Å². The average Bonchev–Trinajstić information content (AvgIpc) is 2.57. The van der Waals surface area contributed by atoms with Crippen LogP contribution in [0.4, 0.5) is 4.79 Å². The Bertz CT molecular complexity index is 300. The fourth-order valence-corrected chi connectivity index (χ4v) is 2.88. The van der Waals surface area contributed by atoms with Gasteiger partial charge in [-0.1, -0.05) is 13.3 Å². The molecular formula is C11H19N3O2. The van der Waals surface area contributed by atoms with Crippen LogP contribution in [0.1, 0.15) is 32.6 Å². The van der Waals surface area contributed by atoms with Crippen molar-refractivity contribution in [1.29, 1.82) is 0 Å². The summed E-state index contributed by atoms with van der Waals surface area (Å²) < 4.78 is 0. The fourth-order valence-electron chi connectivity index (χ4n) is 2.88. The monoisotopic (exact) mass is 225 g/mol. The van der Waals surface area contributed by atoms with Crippen molar-refractivity contribution in [1.82, 2.24) is 16.0 Å². The molecule has 5 nitrogen and oxygen atoms in total. The van der Waals surface area contributed by atoms with Crippen LogP contribution in [0.5, 0.6) is 0 Å². The standard InChI is InChI=1S/C11H19N3O2/c1-2-5-11(8-3-6-12-7-4-8)9(15)13-10(16)14-11/h8,12H,2-7H2,1H3,(H2,13,14,15,16)/t11-/m1/s1. The number of carbonyl (C=O) groups is 2. The molecule has 2 aliphatic heterocycles. The minimum atomic E-state index is -0.645. The number of amides is 3. The molecule has 0 aromatic heterocycles.